The summed E-state index contributed by atoms with van der Waals surface area (Å²) in [5.41, 5.74) is 2.09. The summed E-state index contributed by atoms with van der Waals surface area (Å²) < 4.78 is 0. The first kappa shape index (κ1) is 15.0. The number of aromatic nitrogens is 1. The van der Waals surface area contributed by atoms with Gasteiger partial charge in [-0.15, -0.1) is 0 Å². The van der Waals surface area contributed by atoms with E-state index in [4.69, 9.17) is 11.6 Å². The summed E-state index contributed by atoms with van der Waals surface area (Å²) in [6.45, 7) is 1.84. The molecule has 0 atom stereocenters. The number of amides is 2. The van der Waals surface area contributed by atoms with Gasteiger partial charge in [-0.2, -0.15) is 0 Å². The molecule has 1 heterocycles. The Kier molecular flexibility index (Phi) is 4.55. The highest BCUT2D eigenvalue weighted by Gasteiger charge is 2.12. The first-order chi connectivity index (χ1) is 10.0. The minimum Gasteiger partial charge on any atom is -0.355 e. The molecule has 1 aromatic carbocycles. The monoisotopic (exact) mass is 303 g/mol. The zero-order chi connectivity index (χ0) is 15.4. The maximum atomic E-state index is 12.1. The van der Waals surface area contributed by atoms with E-state index in [0.29, 0.717) is 16.3 Å². The van der Waals surface area contributed by atoms with Gasteiger partial charge in [-0.05, 0) is 36.8 Å². The summed E-state index contributed by atoms with van der Waals surface area (Å²) >= 11 is 5.84. The molecule has 21 heavy (non-hydrogen) atoms. The van der Waals surface area contributed by atoms with Crippen molar-refractivity contribution in [2.24, 2.45) is 0 Å². The van der Waals surface area contributed by atoms with Crippen molar-refractivity contribution >= 4 is 29.1 Å². The summed E-state index contributed by atoms with van der Waals surface area (Å²) in [5, 5.41) is 5.71. The summed E-state index contributed by atoms with van der Waals surface area (Å²) in [5.74, 6) is -0.596. The zero-order valence-corrected chi connectivity index (χ0v) is 12.4. The molecule has 0 fully saturated rings. The van der Waals surface area contributed by atoms with Crippen molar-refractivity contribution in [3.63, 3.8) is 0 Å². The van der Waals surface area contributed by atoms with Gasteiger partial charge in [-0.1, -0.05) is 17.7 Å². The van der Waals surface area contributed by atoms with Crippen LogP contribution in [-0.4, -0.2) is 23.8 Å². The third kappa shape index (κ3) is 3.58. The predicted molar refractivity (Wildman–Crippen MR) is 81.8 cm³/mol. The van der Waals surface area contributed by atoms with Crippen LogP contribution in [0.2, 0.25) is 5.02 Å². The molecule has 0 aliphatic rings. The molecule has 1 aromatic heterocycles. The number of rotatable bonds is 3. The Bertz CT molecular complexity index is 701. The molecule has 6 heteroatoms. The van der Waals surface area contributed by atoms with Gasteiger partial charge in [0, 0.05) is 29.5 Å². The van der Waals surface area contributed by atoms with E-state index in [9.17, 15) is 9.59 Å². The van der Waals surface area contributed by atoms with Gasteiger partial charge in [0.15, 0.2) is 0 Å². The number of hydrogen-bond donors (Lipinski definition) is 2. The average Bonchev–Trinajstić information content (AvgIpc) is 2.48. The highest BCUT2D eigenvalue weighted by molar-refractivity contribution is 6.31. The van der Waals surface area contributed by atoms with Gasteiger partial charge in [0.2, 0.25) is 0 Å². The van der Waals surface area contributed by atoms with E-state index in [1.54, 1.807) is 31.3 Å². The Balaban J connectivity index is 2.26. The lowest BCUT2D eigenvalue weighted by Crippen LogP contribution is -2.19. The molecule has 0 saturated heterocycles. The number of carbonyl (C=O) groups is 2. The van der Waals surface area contributed by atoms with E-state index in [1.807, 2.05) is 6.92 Å². The molecule has 2 amide bonds. The lowest BCUT2D eigenvalue weighted by molar-refractivity contribution is 0.0961. The van der Waals surface area contributed by atoms with Gasteiger partial charge in [-0.25, -0.2) is 0 Å². The molecule has 0 unspecified atom stereocenters. The van der Waals surface area contributed by atoms with Crippen molar-refractivity contribution in [3.8, 4) is 0 Å². The van der Waals surface area contributed by atoms with Gasteiger partial charge in [-0.3, -0.25) is 14.6 Å². The molecule has 2 aromatic rings. The Morgan fingerprint density at radius 2 is 1.90 bits per heavy atom. The Hall–Kier alpha value is -2.40. The van der Waals surface area contributed by atoms with Crippen LogP contribution < -0.4 is 10.6 Å². The quantitative estimate of drug-likeness (QED) is 0.915. The van der Waals surface area contributed by atoms with Crippen LogP contribution >= 0.6 is 11.6 Å². The number of halogens is 1. The predicted octanol–water partition coefficient (Wildman–Crippen LogP) is 2.66. The van der Waals surface area contributed by atoms with Crippen LogP contribution in [0.4, 0.5) is 5.69 Å². The molecule has 2 N–H and O–H groups in total. The second-order valence-electron chi connectivity index (χ2n) is 4.42. The number of carbonyl (C=O) groups excluding carboxylic acids is 2. The fourth-order valence-corrected chi connectivity index (χ4v) is 1.92. The molecule has 2 rings (SSSR count). The molecule has 0 aliphatic heterocycles. The van der Waals surface area contributed by atoms with E-state index < -0.39 is 0 Å². The number of nitrogens with one attached hydrogen (secondary N) is 2. The van der Waals surface area contributed by atoms with Gasteiger partial charge in [0.05, 0.1) is 0 Å². The maximum absolute atomic E-state index is 12.1. The van der Waals surface area contributed by atoms with Crippen molar-refractivity contribution < 1.29 is 9.59 Å². The zero-order valence-electron chi connectivity index (χ0n) is 11.6. The van der Waals surface area contributed by atoms with Crippen LogP contribution in [0.5, 0.6) is 0 Å². The average molecular weight is 304 g/mol. The third-order valence-electron chi connectivity index (χ3n) is 2.93. The number of benzene rings is 1. The molecule has 0 radical (unpaired) electrons. The summed E-state index contributed by atoms with van der Waals surface area (Å²) in [6.07, 6.45) is 1.46. The largest absolute Gasteiger partial charge is 0.355 e. The Morgan fingerprint density at radius 1 is 1.14 bits per heavy atom. The number of hydrogen-bond acceptors (Lipinski definition) is 3. The molecule has 0 saturated carbocycles. The number of pyridine rings is 1. The first-order valence-corrected chi connectivity index (χ1v) is 6.64. The second kappa shape index (κ2) is 6.37. The number of anilines is 1. The minimum absolute atomic E-state index is 0.215. The van der Waals surface area contributed by atoms with E-state index in [2.05, 4.69) is 15.6 Å². The molecule has 0 aliphatic carbocycles. The standard InChI is InChI=1S/C15H14ClN3O2/c1-9-3-4-10(14(20)17-2)7-12(9)19-15(21)13-8-11(16)5-6-18-13/h3-8H,1-2H3,(H,17,20)(H,19,21). The summed E-state index contributed by atoms with van der Waals surface area (Å²) in [4.78, 5) is 27.7. The Labute approximate surface area is 127 Å². The molecule has 5 nitrogen and oxygen atoms in total. The summed E-state index contributed by atoms with van der Waals surface area (Å²) in [6, 6.07) is 8.16. The SMILES string of the molecule is CNC(=O)c1ccc(C)c(NC(=O)c2cc(Cl)ccn2)c1. The van der Waals surface area contributed by atoms with Crippen LogP contribution in [0.1, 0.15) is 26.4 Å². The van der Waals surface area contributed by atoms with Crippen LogP contribution in [0.15, 0.2) is 36.5 Å². The second-order valence-corrected chi connectivity index (χ2v) is 4.86. The van der Waals surface area contributed by atoms with Gasteiger partial charge < -0.3 is 10.6 Å². The number of aryl methyl sites for hydroxylation is 1. The maximum Gasteiger partial charge on any atom is 0.274 e. The van der Waals surface area contributed by atoms with E-state index in [1.165, 1.54) is 12.3 Å². The fraction of sp³-hybridized carbons (Fsp3) is 0.133. The summed E-state index contributed by atoms with van der Waals surface area (Å²) in [7, 11) is 1.55. The van der Waals surface area contributed by atoms with Crippen LogP contribution in [0.3, 0.4) is 0 Å². The lowest BCUT2D eigenvalue weighted by atomic mass is 10.1. The topological polar surface area (TPSA) is 71.1 Å². The smallest absolute Gasteiger partial charge is 0.274 e. The lowest BCUT2D eigenvalue weighted by Gasteiger charge is -2.10. The van der Waals surface area contributed by atoms with Gasteiger partial charge >= 0.3 is 0 Å². The van der Waals surface area contributed by atoms with Crippen molar-refractivity contribution in [1.29, 1.82) is 0 Å². The van der Waals surface area contributed by atoms with Gasteiger partial charge in [0.25, 0.3) is 11.8 Å². The van der Waals surface area contributed by atoms with Crippen LogP contribution in [0, 0.1) is 6.92 Å². The van der Waals surface area contributed by atoms with Crippen molar-refractivity contribution in [1.82, 2.24) is 10.3 Å². The number of nitrogens with zero attached hydrogens (tertiary/aromatic N) is 1. The van der Waals surface area contributed by atoms with E-state index in [0.717, 1.165) is 5.56 Å². The highest BCUT2D eigenvalue weighted by atomic mass is 35.5. The molecule has 108 valence electrons. The fourth-order valence-electron chi connectivity index (χ4n) is 1.76. The molecular formula is C15H14ClN3O2. The van der Waals surface area contributed by atoms with E-state index in [-0.39, 0.29) is 17.5 Å². The van der Waals surface area contributed by atoms with Gasteiger partial charge in [0.1, 0.15) is 5.69 Å². The van der Waals surface area contributed by atoms with Crippen molar-refractivity contribution in [3.05, 3.63) is 58.4 Å². The normalized spacial score (nSPS) is 10.0. The van der Waals surface area contributed by atoms with Crippen molar-refractivity contribution in [2.45, 2.75) is 6.92 Å². The Morgan fingerprint density at radius 3 is 2.57 bits per heavy atom. The van der Waals surface area contributed by atoms with Crippen molar-refractivity contribution in [2.75, 3.05) is 12.4 Å². The van der Waals surface area contributed by atoms with Crippen LogP contribution in [0.25, 0.3) is 0 Å². The molecule has 0 spiro atoms. The first-order valence-electron chi connectivity index (χ1n) is 6.27. The molecule has 0 bridgehead atoms. The third-order valence-corrected chi connectivity index (χ3v) is 3.16. The minimum atomic E-state index is -0.380. The van der Waals surface area contributed by atoms with E-state index >= 15 is 0 Å². The molecular weight excluding hydrogens is 290 g/mol. The highest BCUT2D eigenvalue weighted by Crippen LogP contribution is 2.18. The van der Waals surface area contributed by atoms with Crippen LogP contribution in [-0.2, 0) is 0 Å².